The Balaban J connectivity index is 1.44. The maximum atomic E-state index is 12.8. The zero-order chi connectivity index (χ0) is 16.2. The standard InChI is InChI=1S/C18H27N3O2/c1-20(10-15-9-19-21(2)11-15)16(22)8-17-4-13-3-14(5-17)7-18(23,6-13)12-17/h9,11,13-14,23H,3-8,10,12H2,1-2H3. The lowest BCUT2D eigenvalue weighted by atomic mass is 9.47. The second-order valence-corrected chi connectivity index (χ2v) is 8.63. The average Bonchev–Trinajstić information content (AvgIpc) is 2.80. The van der Waals surface area contributed by atoms with Crippen molar-refractivity contribution in [3.63, 3.8) is 0 Å². The van der Waals surface area contributed by atoms with Crippen LogP contribution >= 0.6 is 0 Å². The van der Waals surface area contributed by atoms with E-state index in [1.165, 1.54) is 6.42 Å². The highest BCUT2D eigenvalue weighted by molar-refractivity contribution is 5.76. The number of rotatable bonds is 4. The molecule has 1 aromatic rings. The third-order valence-electron chi connectivity index (χ3n) is 6.28. The summed E-state index contributed by atoms with van der Waals surface area (Å²) in [5, 5.41) is 15.0. The number of aryl methyl sites for hydroxylation is 1. The van der Waals surface area contributed by atoms with Crippen LogP contribution in [0.25, 0.3) is 0 Å². The third-order valence-corrected chi connectivity index (χ3v) is 6.28. The zero-order valence-corrected chi connectivity index (χ0v) is 14.2. The molecule has 4 saturated carbocycles. The Hall–Kier alpha value is -1.36. The number of hydrogen-bond acceptors (Lipinski definition) is 3. The SMILES string of the molecule is CN(Cc1cnn(C)c1)C(=O)CC12CC3CC(CC(O)(C3)C1)C2. The van der Waals surface area contributed by atoms with Crippen LogP contribution in [-0.4, -0.2) is 38.3 Å². The number of aromatic nitrogens is 2. The largest absolute Gasteiger partial charge is 0.390 e. The molecule has 0 spiro atoms. The van der Waals surface area contributed by atoms with E-state index in [1.807, 2.05) is 31.4 Å². The molecule has 126 valence electrons. The number of carbonyl (C=O) groups excluding carboxylic acids is 1. The lowest BCUT2D eigenvalue weighted by Gasteiger charge is -2.60. The molecule has 4 fully saturated rings. The maximum absolute atomic E-state index is 12.8. The highest BCUT2D eigenvalue weighted by Crippen LogP contribution is 2.62. The first-order valence-corrected chi connectivity index (χ1v) is 8.79. The van der Waals surface area contributed by atoms with E-state index in [1.54, 1.807) is 4.68 Å². The van der Waals surface area contributed by atoms with Crippen LogP contribution in [0.4, 0.5) is 0 Å². The fourth-order valence-electron chi connectivity index (χ4n) is 5.98. The molecular formula is C18H27N3O2. The topological polar surface area (TPSA) is 58.4 Å². The van der Waals surface area contributed by atoms with E-state index in [0.717, 1.165) is 37.7 Å². The molecule has 4 aliphatic carbocycles. The van der Waals surface area contributed by atoms with Gasteiger partial charge in [-0.05, 0) is 55.8 Å². The van der Waals surface area contributed by atoms with E-state index >= 15 is 0 Å². The van der Waals surface area contributed by atoms with Gasteiger partial charge in [-0.25, -0.2) is 0 Å². The molecule has 23 heavy (non-hydrogen) atoms. The summed E-state index contributed by atoms with van der Waals surface area (Å²) in [5.41, 5.74) is 0.637. The predicted molar refractivity (Wildman–Crippen MR) is 86.4 cm³/mol. The minimum absolute atomic E-state index is 0.0547. The molecule has 0 saturated heterocycles. The van der Waals surface area contributed by atoms with Crippen LogP contribution in [0.3, 0.4) is 0 Å². The van der Waals surface area contributed by atoms with Crippen LogP contribution < -0.4 is 0 Å². The Labute approximate surface area is 137 Å². The molecule has 4 aliphatic rings. The number of hydrogen-bond donors (Lipinski definition) is 1. The first-order valence-electron chi connectivity index (χ1n) is 8.79. The summed E-state index contributed by atoms with van der Waals surface area (Å²) in [7, 11) is 3.77. The molecule has 0 radical (unpaired) electrons. The van der Waals surface area contributed by atoms with E-state index in [2.05, 4.69) is 5.10 Å². The monoisotopic (exact) mass is 317 g/mol. The molecule has 1 aromatic heterocycles. The molecule has 0 aliphatic heterocycles. The molecule has 1 N–H and O–H groups in total. The number of amides is 1. The number of nitrogens with zero attached hydrogens (tertiary/aromatic N) is 3. The summed E-state index contributed by atoms with van der Waals surface area (Å²) >= 11 is 0. The smallest absolute Gasteiger partial charge is 0.223 e. The first kappa shape index (κ1) is 15.2. The highest BCUT2D eigenvalue weighted by Gasteiger charge is 2.57. The van der Waals surface area contributed by atoms with Crippen molar-refractivity contribution in [3.05, 3.63) is 18.0 Å². The van der Waals surface area contributed by atoms with E-state index in [4.69, 9.17) is 0 Å². The van der Waals surface area contributed by atoms with Gasteiger partial charge in [-0.2, -0.15) is 5.10 Å². The summed E-state index contributed by atoms with van der Waals surface area (Å²) in [6.07, 6.45) is 10.7. The van der Waals surface area contributed by atoms with Crippen molar-refractivity contribution in [1.82, 2.24) is 14.7 Å². The van der Waals surface area contributed by atoms with Crippen LogP contribution in [0, 0.1) is 17.3 Å². The molecule has 2 unspecified atom stereocenters. The Morgan fingerprint density at radius 1 is 1.39 bits per heavy atom. The summed E-state index contributed by atoms with van der Waals surface area (Å²) in [4.78, 5) is 14.6. The van der Waals surface area contributed by atoms with Gasteiger partial charge in [0.15, 0.2) is 0 Å². The third kappa shape index (κ3) is 2.80. The second-order valence-electron chi connectivity index (χ2n) is 8.63. The number of aliphatic hydroxyl groups is 1. The summed E-state index contributed by atoms with van der Waals surface area (Å²) < 4.78 is 1.77. The van der Waals surface area contributed by atoms with Crippen LogP contribution in [0.5, 0.6) is 0 Å². The molecule has 2 atom stereocenters. The predicted octanol–water partition coefficient (Wildman–Crippen LogP) is 2.10. The number of carbonyl (C=O) groups is 1. The van der Waals surface area contributed by atoms with Gasteiger partial charge in [0.1, 0.15) is 0 Å². The van der Waals surface area contributed by atoms with Gasteiger partial charge in [0, 0.05) is 38.8 Å². The average molecular weight is 317 g/mol. The maximum Gasteiger partial charge on any atom is 0.223 e. The van der Waals surface area contributed by atoms with Crippen LogP contribution in [-0.2, 0) is 18.4 Å². The molecule has 1 heterocycles. The normalized spacial score (nSPS) is 38.0. The minimum atomic E-state index is -0.480. The van der Waals surface area contributed by atoms with Crippen molar-refractivity contribution >= 4 is 5.91 Å². The van der Waals surface area contributed by atoms with Crippen LogP contribution in [0.2, 0.25) is 0 Å². The van der Waals surface area contributed by atoms with Crippen LogP contribution in [0.1, 0.15) is 50.5 Å². The molecule has 4 bridgehead atoms. The Morgan fingerprint density at radius 2 is 2.09 bits per heavy atom. The van der Waals surface area contributed by atoms with Crippen molar-refractivity contribution in [2.45, 2.75) is 57.1 Å². The molecule has 5 heteroatoms. The lowest BCUT2D eigenvalue weighted by molar-refractivity contribution is -0.171. The van der Waals surface area contributed by atoms with Gasteiger partial charge in [-0.15, -0.1) is 0 Å². The quantitative estimate of drug-likeness (QED) is 0.925. The molecule has 1 amide bonds. The van der Waals surface area contributed by atoms with Gasteiger partial charge in [-0.3, -0.25) is 9.48 Å². The van der Waals surface area contributed by atoms with Gasteiger partial charge in [0.2, 0.25) is 5.91 Å². The Kier molecular flexibility index (Phi) is 3.34. The van der Waals surface area contributed by atoms with Gasteiger partial charge >= 0.3 is 0 Å². The summed E-state index contributed by atoms with van der Waals surface area (Å²) in [6.45, 7) is 0.611. The second kappa shape index (κ2) is 5.07. The molecule has 0 aromatic carbocycles. The fraction of sp³-hybridized carbons (Fsp3) is 0.778. The van der Waals surface area contributed by atoms with Crippen molar-refractivity contribution in [2.75, 3.05) is 7.05 Å². The van der Waals surface area contributed by atoms with Gasteiger partial charge in [-0.1, -0.05) is 0 Å². The Morgan fingerprint density at radius 3 is 2.65 bits per heavy atom. The molecular weight excluding hydrogens is 290 g/mol. The zero-order valence-electron chi connectivity index (χ0n) is 14.2. The van der Waals surface area contributed by atoms with Crippen molar-refractivity contribution in [2.24, 2.45) is 24.3 Å². The van der Waals surface area contributed by atoms with Gasteiger partial charge in [0.25, 0.3) is 0 Å². The molecule has 5 rings (SSSR count). The first-order chi connectivity index (χ1) is 10.8. The van der Waals surface area contributed by atoms with E-state index in [0.29, 0.717) is 24.8 Å². The van der Waals surface area contributed by atoms with Crippen LogP contribution in [0.15, 0.2) is 12.4 Å². The molecule has 5 nitrogen and oxygen atoms in total. The minimum Gasteiger partial charge on any atom is -0.390 e. The van der Waals surface area contributed by atoms with E-state index in [9.17, 15) is 9.90 Å². The van der Waals surface area contributed by atoms with Crippen molar-refractivity contribution in [3.8, 4) is 0 Å². The summed E-state index contributed by atoms with van der Waals surface area (Å²) in [5.74, 6) is 1.48. The Bertz CT molecular complexity index is 610. The van der Waals surface area contributed by atoms with E-state index in [-0.39, 0.29) is 11.3 Å². The van der Waals surface area contributed by atoms with E-state index < -0.39 is 5.60 Å². The van der Waals surface area contributed by atoms with Crippen molar-refractivity contribution < 1.29 is 9.90 Å². The van der Waals surface area contributed by atoms with Crippen molar-refractivity contribution in [1.29, 1.82) is 0 Å². The summed E-state index contributed by atoms with van der Waals surface area (Å²) in [6, 6.07) is 0. The van der Waals surface area contributed by atoms with Gasteiger partial charge in [0.05, 0.1) is 11.8 Å². The fourth-order valence-corrected chi connectivity index (χ4v) is 5.98. The lowest BCUT2D eigenvalue weighted by Crippen LogP contribution is -2.56. The van der Waals surface area contributed by atoms with Gasteiger partial charge < -0.3 is 10.0 Å². The highest BCUT2D eigenvalue weighted by atomic mass is 16.3.